The average Bonchev–Trinajstić information content (AvgIpc) is 3.17. The van der Waals surface area contributed by atoms with Crippen LogP contribution in [0.25, 0.3) is 10.4 Å². The number of nitrogens with zero attached hydrogens (tertiary/aromatic N) is 3. The Labute approximate surface area is 323 Å². The highest BCUT2D eigenvalue weighted by atomic mass is 28.4. The van der Waals surface area contributed by atoms with Gasteiger partial charge in [0.25, 0.3) is 0 Å². The van der Waals surface area contributed by atoms with Crippen molar-refractivity contribution >= 4 is 14.3 Å². The Morgan fingerprint density at radius 1 is 0.800 bits per heavy atom. The standard InChI is InChI=1S/C40H53N3O11Si/c1-40(2,3)55(5,6)54-32-29(25-48-22-26-16-10-7-11-17-26)51-39(30(42-43-41)33(32)49-23-27-18-12-8-13-19-27)53-35-34(50-24-28-20-14-9-15-21-28)31(44)37(45)52-36(35)38(46)47-4/h7-21,29-37,39,44-45H,22-25H2,1-6H3/t29-,30-,31-,32-,33-,34-,35+,36-,37?,39-/m1/s1. The SMILES string of the molecule is COC(=O)[C@@H]1OC(O)[C@H](O)[C@@H](OCc2ccccc2)[C@@H]1O[C@H]1O[C@H](COCc2ccccc2)[C@@H](O[Si](C)(C)C(C)(C)C)[C@H](OCc2ccccc2)[C@H]1N=[N+]=[N-]. The molecule has 1 unspecified atom stereocenters. The molecule has 15 heteroatoms. The summed E-state index contributed by atoms with van der Waals surface area (Å²) in [5.74, 6) is -0.890. The Kier molecular flexibility index (Phi) is 15.0. The van der Waals surface area contributed by atoms with Gasteiger partial charge in [-0.25, -0.2) is 4.79 Å². The van der Waals surface area contributed by atoms with Crippen molar-refractivity contribution in [2.24, 2.45) is 5.11 Å². The average molecular weight is 780 g/mol. The van der Waals surface area contributed by atoms with Gasteiger partial charge in [-0.1, -0.05) is 117 Å². The number of esters is 1. The summed E-state index contributed by atoms with van der Waals surface area (Å²) in [6.07, 6.45) is -11.8. The predicted molar refractivity (Wildman–Crippen MR) is 204 cm³/mol. The predicted octanol–water partition coefficient (Wildman–Crippen LogP) is 5.80. The van der Waals surface area contributed by atoms with Crippen molar-refractivity contribution in [3.8, 4) is 0 Å². The van der Waals surface area contributed by atoms with Crippen LogP contribution in [-0.4, -0.2) is 99.6 Å². The fraction of sp³-hybridized carbons (Fsp3) is 0.525. The Bertz CT molecular complexity index is 1680. The first-order valence-corrected chi connectivity index (χ1v) is 21.3. The minimum Gasteiger partial charge on any atom is -0.467 e. The highest BCUT2D eigenvalue weighted by Gasteiger charge is 2.56. The fourth-order valence-electron chi connectivity index (χ4n) is 6.21. The molecule has 2 N–H and O–H groups in total. The molecule has 14 nitrogen and oxygen atoms in total. The van der Waals surface area contributed by atoms with Crippen LogP contribution in [0, 0.1) is 0 Å². The summed E-state index contributed by atoms with van der Waals surface area (Å²) >= 11 is 0. The highest BCUT2D eigenvalue weighted by molar-refractivity contribution is 6.74. The Morgan fingerprint density at radius 3 is 1.84 bits per heavy atom. The minimum atomic E-state index is -2.56. The van der Waals surface area contributed by atoms with Crippen LogP contribution in [0.3, 0.4) is 0 Å². The van der Waals surface area contributed by atoms with E-state index in [2.05, 4.69) is 43.9 Å². The molecule has 2 fully saturated rings. The monoisotopic (exact) mass is 779 g/mol. The number of benzene rings is 3. The maximum absolute atomic E-state index is 13.2. The number of methoxy groups -OCH3 is 1. The lowest BCUT2D eigenvalue weighted by Gasteiger charge is -2.50. The first-order chi connectivity index (χ1) is 26.3. The van der Waals surface area contributed by atoms with Crippen LogP contribution in [-0.2, 0) is 62.2 Å². The lowest BCUT2D eigenvalue weighted by molar-refractivity contribution is -0.341. The van der Waals surface area contributed by atoms with Crippen molar-refractivity contribution in [3.63, 3.8) is 0 Å². The van der Waals surface area contributed by atoms with Gasteiger partial charge in [-0.3, -0.25) is 0 Å². The van der Waals surface area contributed by atoms with E-state index in [0.717, 1.165) is 23.8 Å². The molecule has 0 aliphatic carbocycles. The molecule has 10 atom stereocenters. The summed E-state index contributed by atoms with van der Waals surface area (Å²) in [6.45, 7) is 11.0. The summed E-state index contributed by atoms with van der Waals surface area (Å²) in [5, 5.41) is 25.9. The Morgan fingerprint density at radius 2 is 1.33 bits per heavy atom. The number of hydrogen-bond donors (Lipinski definition) is 2. The van der Waals surface area contributed by atoms with E-state index in [-0.39, 0.29) is 31.5 Å². The van der Waals surface area contributed by atoms with Gasteiger partial charge in [-0.15, -0.1) is 0 Å². The van der Waals surface area contributed by atoms with Crippen LogP contribution in [0.15, 0.2) is 96.1 Å². The minimum absolute atomic E-state index is 0.00443. The summed E-state index contributed by atoms with van der Waals surface area (Å²) in [5.41, 5.74) is 12.6. The van der Waals surface area contributed by atoms with E-state index in [9.17, 15) is 20.5 Å². The normalized spacial score (nSPS) is 28.6. The molecule has 0 radical (unpaired) electrons. The third-order valence-corrected chi connectivity index (χ3v) is 14.7. The molecule has 2 aliphatic rings. The van der Waals surface area contributed by atoms with Gasteiger partial charge in [0, 0.05) is 4.91 Å². The first-order valence-electron chi connectivity index (χ1n) is 18.4. The number of azide groups is 1. The summed E-state index contributed by atoms with van der Waals surface area (Å²) < 4.78 is 50.0. The van der Waals surface area contributed by atoms with Crippen molar-refractivity contribution in [3.05, 3.63) is 118 Å². The van der Waals surface area contributed by atoms with Gasteiger partial charge < -0.3 is 47.8 Å². The van der Waals surface area contributed by atoms with Gasteiger partial charge in [0.2, 0.25) is 0 Å². The van der Waals surface area contributed by atoms with Crippen molar-refractivity contribution in [2.45, 2.75) is 120 Å². The lowest BCUT2D eigenvalue weighted by atomic mass is 9.95. The topological polar surface area (TPSA) is 180 Å². The van der Waals surface area contributed by atoms with Crippen molar-refractivity contribution in [2.75, 3.05) is 13.7 Å². The first kappa shape index (κ1) is 42.4. The third kappa shape index (κ3) is 11.0. The number of aliphatic hydroxyl groups excluding tert-OH is 2. The van der Waals surface area contributed by atoms with Gasteiger partial charge in [-0.05, 0) is 40.4 Å². The molecule has 2 aliphatic heterocycles. The molecular weight excluding hydrogens is 727 g/mol. The van der Waals surface area contributed by atoms with Crippen LogP contribution in [0.5, 0.6) is 0 Å². The molecule has 55 heavy (non-hydrogen) atoms. The summed E-state index contributed by atoms with van der Waals surface area (Å²) in [4.78, 5) is 16.4. The van der Waals surface area contributed by atoms with Gasteiger partial charge in [0.05, 0.1) is 39.6 Å². The molecule has 2 saturated heterocycles. The van der Waals surface area contributed by atoms with E-state index in [0.29, 0.717) is 0 Å². The van der Waals surface area contributed by atoms with Crippen molar-refractivity contribution in [1.82, 2.24) is 0 Å². The maximum atomic E-state index is 13.2. The van der Waals surface area contributed by atoms with E-state index in [1.807, 2.05) is 91.0 Å². The molecule has 298 valence electrons. The molecule has 3 aromatic rings. The van der Waals surface area contributed by atoms with Crippen LogP contribution in [0.4, 0.5) is 0 Å². The van der Waals surface area contributed by atoms with E-state index in [1.54, 1.807) is 0 Å². The molecule has 2 heterocycles. The molecule has 0 spiro atoms. The van der Waals surface area contributed by atoms with Gasteiger partial charge in [-0.2, -0.15) is 0 Å². The second-order valence-corrected chi connectivity index (χ2v) is 19.9. The van der Waals surface area contributed by atoms with Crippen molar-refractivity contribution in [1.29, 1.82) is 0 Å². The van der Waals surface area contributed by atoms with E-state index in [1.165, 1.54) is 0 Å². The number of rotatable bonds is 16. The quantitative estimate of drug-likeness (QED) is 0.0590. The second-order valence-electron chi connectivity index (χ2n) is 15.2. The van der Waals surface area contributed by atoms with Gasteiger partial charge >= 0.3 is 5.97 Å². The Hall–Kier alpha value is -3.70. The van der Waals surface area contributed by atoms with Crippen molar-refractivity contribution < 1.29 is 52.6 Å². The summed E-state index contributed by atoms with van der Waals surface area (Å²) in [7, 11) is -1.40. The van der Waals surface area contributed by atoms with Crippen LogP contribution in [0.2, 0.25) is 18.1 Å². The number of carbonyl (C=O) groups excluding carboxylic acids is 1. The maximum Gasteiger partial charge on any atom is 0.337 e. The Balaban J connectivity index is 1.54. The molecule has 5 rings (SSSR count). The molecule has 3 aromatic carbocycles. The van der Waals surface area contributed by atoms with E-state index in [4.69, 9.17) is 37.6 Å². The number of aliphatic hydroxyl groups is 2. The largest absolute Gasteiger partial charge is 0.467 e. The zero-order chi connectivity index (χ0) is 39.6. The molecule has 0 saturated carbocycles. The number of ether oxygens (including phenoxy) is 7. The van der Waals surface area contributed by atoms with Gasteiger partial charge in [0.15, 0.2) is 27.0 Å². The van der Waals surface area contributed by atoms with Crippen LogP contribution < -0.4 is 0 Å². The van der Waals surface area contributed by atoms with E-state index >= 15 is 0 Å². The summed E-state index contributed by atoms with van der Waals surface area (Å²) in [6, 6.07) is 27.2. The number of carbonyl (C=O) groups is 1. The van der Waals surface area contributed by atoms with E-state index < -0.39 is 75.6 Å². The zero-order valence-electron chi connectivity index (χ0n) is 32.2. The van der Waals surface area contributed by atoms with Gasteiger partial charge in [0.1, 0.15) is 36.6 Å². The number of hydrogen-bond acceptors (Lipinski definition) is 12. The molecule has 0 aromatic heterocycles. The zero-order valence-corrected chi connectivity index (χ0v) is 33.2. The lowest BCUT2D eigenvalue weighted by Crippen LogP contribution is -2.66. The molecule has 0 bridgehead atoms. The van der Waals surface area contributed by atoms with Crippen LogP contribution >= 0.6 is 0 Å². The second kappa shape index (κ2) is 19.4. The smallest absolute Gasteiger partial charge is 0.337 e. The van der Waals surface area contributed by atoms with Crippen LogP contribution in [0.1, 0.15) is 37.5 Å². The molecular formula is C40H53N3O11Si. The highest BCUT2D eigenvalue weighted by Crippen LogP contribution is 2.41. The third-order valence-electron chi connectivity index (χ3n) is 10.3. The molecule has 0 amide bonds. The fourth-order valence-corrected chi connectivity index (χ4v) is 7.53.